The molecule has 0 bridgehead atoms. The second-order valence-electron chi connectivity index (χ2n) is 9.33. The van der Waals surface area contributed by atoms with Gasteiger partial charge in [-0.05, 0) is 73.1 Å². The molecule has 0 aromatic carbocycles. The molecule has 1 aliphatic carbocycles. The van der Waals surface area contributed by atoms with Crippen molar-refractivity contribution in [1.29, 1.82) is 0 Å². The normalized spacial score (nSPS) is 29.7. The minimum absolute atomic E-state index is 0.0147. The number of hydrogen-bond donors (Lipinski definition) is 0. The standard InChI is InChI=1S/C19H38N2O/c1-18(2,3)21-13-11-20(12-14-21)15-16-7-9-17(10-8-16)22-19(4,5)6/h16-17H,7-15H2,1-6H3. The van der Waals surface area contributed by atoms with Crippen LogP contribution in [0.4, 0.5) is 0 Å². The molecule has 0 N–H and O–H groups in total. The van der Waals surface area contributed by atoms with Gasteiger partial charge in [-0.1, -0.05) is 0 Å². The molecule has 3 heteroatoms. The SMILES string of the molecule is CC(C)(C)OC1CCC(CN2CCN(C(C)(C)C)CC2)CC1. The van der Waals surface area contributed by atoms with E-state index in [1.54, 1.807) is 0 Å². The Morgan fingerprint density at radius 3 is 1.82 bits per heavy atom. The molecule has 2 aliphatic rings. The molecule has 2 fully saturated rings. The van der Waals surface area contributed by atoms with E-state index in [1.807, 2.05) is 0 Å². The molecule has 0 unspecified atom stereocenters. The van der Waals surface area contributed by atoms with Gasteiger partial charge in [-0.2, -0.15) is 0 Å². The van der Waals surface area contributed by atoms with Crippen LogP contribution >= 0.6 is 0 Å². The quantitative estimate of drug-likeness (QED) is 0.789. The first kappa shape index (κ1) is 18.2. The molecule has 0 aromatic rings. The van der Waals surface area contributed by atoms with Crippen molar-refractivity contribution >= 4 is 0 Å². The second-order valence-corrected chi connectivity index (χ2v) is 9.33. The molecule has 1 saturated heterocycles. The number of ether oxygens (including phenoxy) is 1. The predicted octanol–water partition coefficient (Wildman–Crippen LogP) is 3.78. The highest BCUT2D eigenvalue weighted by atomic mass is 16.5. The molecule has 2 rings (SSSR count). The molecule has 0 radical (unpaired) electrons. The van der Waals surface area contributed by atoms with E-state index in [1.165, 1.54) is 58.4 Å². The second kappa shape index (κ2) is 7.19. The van der Waals surface area contributed by atoms with Crippen LogP contribution in [-0.2, 0) is 4.74 Å². The van der Waals surface area contributed by atoms with Gasteiger partial charge in [0.05, 0.1) is 11.7 Å². The first-order valence-corrected chi connectivity index (χ1v) is 9.29. The summed E-state index contributed by atoms with van der Waals surface area (Å²) >= 11 is 0. The van der Waals surface area contributed by atoms with E-state index < -0.39 is 0 Å². The number of nitrogens with zero attached hydrogens (tertiary/aromatic N) is 2. The Balaban J connectivity index is 1.67. The fourth-order valence-corrected chi connectivity index (χ4v) is 3.90. The summed E-state index contributed by atoms with van der Waals surface area (Å²) < 4.78 is 6.15. The van der Waals surface area contributed by atoms with Crippen LogP contribution in [0.1, 0.15) is 67.2 Å². The van der Waals surface area contributed by atoms with Gasteiger partial charge in [0.15, 0.2) is 0 Å². The van der Waals surface area contributed by atoms with E-state index in [-0.39, 0.29) is 5.60 Å². The van der Waals surface area contributed by atoms with Gasteiger partial charge < -0.3 is 9.64 Å². The highest BCUT2D eigenvalue weighted by Gasteiger charge is 2.29. The van der Waals surface area contributed by atoms with Crippen LogP contribution < -0.4 is 0 Å². The van der Waals surface area contributed by atoms with Crippen LogP contribution in [0.3, 0.4) is 0 Å². The Labute approximate surface area is 138 Å². The smallest absolute Gasteiger partial charge is 0.0602 e. The van der Waals surface area contributed by atoms with E-state index in [9.17, 15) is 0 Å². The fourth-order valence-electron chi connectivity index (χ4n) is 3.90. The minimum Gasteiger partial charge on any atom is -0.373 e. The maximum Gasteiger partial charge on any atom is 0.0602 e. The fraction of sp³-hybridized carbons (Fsp3) is 1.00. The van der Waals surface area contributed by atoms with Gasteiger partial charge in [-0.3, -0.25) is 4.90 Å². The van der Waals surface area contributed by atoms with Gasteiger partial charge in [-0.25, -0.2) is 0 Å². The Morgan fingerprint density at radius 1 is 0.818 bits per heavy atom. The third-order valence-corrected chi connectivity index (χ3v) is 5.15. The third kappa shape index (κ3) is 5.82. The third-order valence-electron chi connectivity index (χ3n) is 5.15. The van der Waals surface area contributed by atoms with Gasteiger partial charge in [0.25, 0.3) is 0 Å². The van der Waals surface area contributed by atoms with Crippen molar-refractivity contribution in [2.45, 2.75) is 84.5 Å². The highest BCUT2D eigenvalue weighted by Crippen LogP contribution is 2.30. The molecule has 0 atom stereocenters. The van der Waals surface area contributed by atoms with Gasteiger partial charge in [0.1, 0.15) is 0 Å². The van der Waals surface area contributed by atoms with Crippen LogP contribution in [0.2, 0.25) is 0 Å². The average Bonchev–Trinajstić information content (AvgIpc) is 2.39. The first-order valence-electron chi connectivity index (χ1n) is 9.29. The van der Waals surface area contributed by atoms with Crippen molar-refractivity contribution < 1.29 is 4.74 Å². The van der Waals surface area contributed by atoms with Crippen LogP contribution in [-0.4, -0.2) is 59.8 Å². The molecule has 0 amide bonds. The van der Waals surface area contributed by atoms with Gasteiger partial charge in [-0.15, -0.1) is 0 Å². The molecule has 130 valence electrons. The van der Waals surface area contributed by atoms with E-state index >= 15 is 0 Å². The summed E-state index contributed by atoms with van der Waals surface area (Å²) in [5.74, 6) is 0.890. The van der Waals surface area contributed by atoms with Crippen LogP contribution in [0.25, 0.3) is 0 Å². The van der Waals surface area contributed by atoms with E-state index in [0.29, 0.717) is 11.6 Å². The van der Waals surface area contributed by atoms with Crippen molar-refractivity contribution in [3.05, 3.63) is 0 Å². The average molecular weight is 311 g/mol. The molecular weight excluding hydrogens is 272 g/mol. The Morgan fingerprint density at radius 2 is 1.36 bits per heavy atom. The Hall–Kier alpha value is -0.120. The van der Waals surface area contributed by atoms with Crippen LogP contribution in [0.15, 0.2) is 0 Å². The summed E-state index contributed by atoms with van der Waals surface area (Å²) in [4.78, 5) is 5.31. The molecule has 1 saturated carbocycles. The lowest BCUT2D eigenvalue weighted by Crippen LogP contribution is -2.54. The number of piperazine rings is 1. The summed E-state index contributed by atoms with van der Waals surface area (Å²) in [6.07, 6.45) is 5.70. The van der Waals surface area contributed by atoms with Gasteiger partial charge in [0.2, 0.25) is 0 Å². The summed E-state index contributed by atoms with van der Waals surface area (Å²) in [5, 5.41) is 0. The maximum atomic E-state index is 6.15. The molecule has 0 spiro atoms. The van der Waals surface area contributed by atoms with Crippen LogP contribution in [0.5, 0.6) is 0 Å². The van der Waals surface area contributed by atoms with Crippen molar-refractivity contribution in [2.75, 3.05) is 32.7 Å². The summed E-state index contributed by atoms with van der Waals surface area (Å²) in [7, 11) is 0. The molecule has 3 nitrogen and oxygen atoms in total. The molecule has 0 aromatic heterocycles. The van der Waals surface area contributed by atoms with E-state index in [4.69, 9.17) is 4.74 Å². The first-order chi connectivity index (χ1) is 10.1. The summed E-state index contributed by atoms with van der Waals surface area (Å²) in [5.41, 5.74) is 0.342. The molecule has 1 heterocycles. The Kier molecular flexibility index (Phi) is 5.95. The lowest BCUT2D eigenvalue weighted by molar-refractivity contribution is -0.0800. The predicted molar refractivity (Wildman–Crippen MR) is 94.4 cm³/mol. The van der Waals surface area contributed by atoms with Crippen molar-refractivity contribution in [1.82, 2.24) is 9.80 Å². The topological polar surface area (TPSA) is 15.7 Å². The summed E-state index contributed by atoms with van der Waals surface area (Å²) in [6, 6.07) is 0. The largest absolute Gasteiger partial charge is 0.373 e. The van der Waals surface area contributed by atoms with Gasteiger partial charge >= 0.3 is 0 Å². The number of hydrogen-bond acceptors (Lipinski definition) is 3. The number of rotatable bonds is 3. The lowest BCUT2D eigenvalue weighted by Gasteiger charge is -2.43. The zero-order chi connectivity index (χ0) is 16.4. The van der Waals surface area contributed by atoms with Crippen molar-refractivity contribution in [2.24, 2.45) is 5.92 Å². The molecule has 1 aliphatic heterocycles. The van der Waals surface area contributed by atoms with Crippen LogP contribution in [0, 0.1) is 5.92 Å². The van der Waals surface area contributed by atoms with E-state index in [2.05, 4.69) is 51.3 Å². The van der Waals surface area contributed by atoms with E-state index in [0.717, 1.165) is 5.92 Å². The van der Waals surface area contributed by atoms with Crippen molar-refractivity contribution in [3.8, 4) is 0 Å². The molecular formula is C19H38N2O. The van der Waals surface area contributed by atoms with Crippen molar-refractivity contribution in [3.63, 3.8) is 0 Å². The zero-order valence-electron chi connectivity index (χ0n) is 15.8. The molecule has 22 heavy (non-hydrogen) atoms. The monoisotopic (exact) mass is 310 g/mol. The maximum absolute atomic E-state index is 6.15. The minimum atomic E-state index is 0.0147. The lowest BCUT2D eigenvalue weighted by atomic mass is 9.86. The van der Waals surface area contributed by atoms with Gasteiger partial charge in [0, 0.05) is 38.3 Å². The zero-order valence-corrected chi connectivity index (χ0v) is 15.8. The Bertz CT molecular complexity index is 326. The summed E-state index contributed by atoms with van der Waals surface area (Å²) in [6.45, 7) is 19.8. The highest BCUT2D eigenvalue weighted by molar-refractivity contribution is 4.84.